The summed E-state index contributed by atoms with van der Waals surface area (Å²) >= 11 is 0. The maximum atomic E-state index is 13.0. The Balaban J connectivity index is 1.64. The van der Waals surface area contributed by atoms with Gasteiger partial charge in [0, 0.05) is 24.2 Å². The van der Waals surface area contributed by atoms with Gasteiger partial charge in [-0.05, 0) is 57.1 Å². The maximum absolute atomic E-state index is 13.0. The van der Waals surface area contributed by atoms with E-state index in [0.717, 1.165) is 36.2 Å². The number of hydrogen-bond donors (Lipinski definition) is 1. The van der Waals surface area contributed by atoms with E-state index in [1.165, 1.54) is 12.8 Å². The highest BCUT2D eigenvalue weighted by Gasteiger charge is 2.19. The molecule has 0 saturated carbocycles. The number of carbonyl (C=O) groups is 1. The third-order valence-corrected chi connectivity index (χ3v) is 5.00. The van der Waals surface area contributed by atoms with Gasteiger partial charge in [-0.2, -0.15) is 0 Å². The molecule has 1 aliphatic heterocycles. The number of carbonyl (C=O) groups excluding carboxylic acids is 1. The lowest BCUT2D eigenvalue weighted by Gasteiger charge is -2.21. The molecule has 138 valence electrons. The van der Waals surface area contributed by atoms with Crippen molar-refractivity contribution in [3.63, 3.8) is 0 Å². The maximum Gasteiger partial charge on any atom is 0.252 e. The standard InChI is InChI=1S/C22H24N4O/c1-16(15-26-12-6-7-13-26)24-22(27)18-14-21(20-10-4-5-11-23-20)25-19-9-3-2-8-17(18)19/h2-5,8-11,14,16H,6-7,12-13,15H2,1H3,(H,24,27)/t16-/m0/s1. The van der Waals surface area contributed by atoms with Gasteiger partial charge in [0.15, 0.2) is 0 Å². The summed E-state index contributed by atoms with van der Waals surface area (Å²) < 4.78 is 0. The largest absolute Gasteiger partial charge is 0.348 e. The molecule has 1 aliphatic rings. The van der Waals surface area contributed by atoms with Crippen molar-refractivity contribution in [2.75, 3.05) is 19.6 Å². The molecule has 3 aromatic rings. The molecule has 0 unspecified atom stereocenters. The molecule has 1 atom stereocenters. The lowest BCUT2D eigenvalue weighted by atomic mass is 10.1. The molecule has 0 radical (unpaired) electrons. The summed E-state index contributed by atoms with van der Waals surface area (Å²) in [4.78, 5) is 24.5. The highest BCUT2D eigenvalue weighted by molar-refractivity contribution is 6.07. The van der Waals surface area contributed by atoms with Gasteiger partial charge in [0.05, 0.1) is 22.5 Å². The normalized spacial score (nSPS) is 15.7. The molecular weight excluding hydrogens is 336 g/mol. The Labute approximate surface area is 159 Å². The van der Waals surface area contributed by atoms with Gasteiger partial charge in [0.25, 0.3) is 5.91 Å². The predicted octanol–water partition coefficient (Wildman–Crippen LogP) is 3.51. The molecule has 27 heavy (non-hydrogen) atoms. The minimum Gasteiger partial charge on any atom is -0.348 e. The van der Waals surface area contributed by atoms with Crippen LogP contribution in [0, 0.1) is 0 Å². The zero-order valence-electron chi connectivity index (χ0n) is 15.6. The van der Waals surface area contributed by atoms with Crippen LogP contribution in [0.4, 0.5) is 0 Å². The zero-order valence-corrected chi connectivity index (χ0v) is 15.6. The molecule has 1 fully saturated rings. The number of benzene rings is 1. The second-order valence-electron chi connectivity index (χ2n) is 7.17. The van der Waals surface area contributed by atoms with Crippen molar-refractivity contribution < 1.29 is 4.79 Å². The lowest BCUT2D eigenvalue weighted by Crippen LogP contribution is -2.41. The number of amides is 1. The van der Waals surface area contributed by atoms with E-state index in [0.29, 0.717) is 11.3 Å². The summed E-state index contributed by atoms with van der Waals surface area (Å²) in [6.07, 6.45) is 4.25. The van der Waals surface area contributed by atoms with Crippen LogP contribution in [0.2, 0.25) is 0 Å². The minimum atomic E-state index is -0.0579. The summed E-state index contributed by atoms with van der Waals surface area (Å²) in [5, 5.41) is 4.03. The molecule has 0 aliphatic carbocycles. The molecule has 1 amide bonds. The number of pyridine rings is 2. The van der Waals surface area contributed by atoms with Crippen LogP contribution >= 0.6 is 0 Å². The van der Waals surface area contributed by atoms with E-state index in [2.05, 4.69) is 22.1 Å². The number of para-hydroxylation sites is 1. The fourth-order valence-electron chi connectivity index (χ4n) is 3.71. The average molecular weight is 360 g/mol. The van der Waals surface area contributed by atoms with Crippen molar-refractivity contribution in [2.45, 2.75) is 25.8 Å². The molecule has 3 heterocycles. The van der Waals surface area contributed by atoms with E-state index in [1.54, 1.807) is 6.20 Å². The lowest BCUT2D eigenvalue weighted by molar-refractivity contribution is 0.0933. The van der Waals surface area contributed by atoms with Crippen LogP contribution in [-0.2, 0) is 0 Å². The van der Waals surface area contributed by atoms with Crippen LogP contribution in [0.5, 0.6) is 0 Å². The first kappa shape index (κ1) is 17.6. The Morgan fingerprint density at radius 1 is 1.11 bits per heavy atom. The topological polar surface area (TPSA) is 58.1 Å². The van der Waals surface area contributed by atoms with Crippen LogP contribution in [0.15, 0.2) is 54.7 Å². The number of hydrogen-bond acceptors (Lipinski definition) is 4. The molecule has 0 spiro atoms. The Morgan fingerprint density at radius 2 is 1.89 bits per heavy atom. The third-order valence-electron chi connectivity index (χ3n) is 5.00. The molecule has 5 heteroatoms. The van der Waals surface area contributed by atoms with Gasteiger partial charge >= 0.3 is 0 Å². The van der Waals surface area contributed by atoms with Gasteiger partial charge in [-0.15, -0.1) is 0 Å². The predicted molar refractivity (Wildman–Crippen MR) is 108 cm³/mol. The molecular formula is C22H24N4O. The van der Waals surface area contributed by atoms with Gasteiger partial charge in [-0.25, -0.2) is 4.98 Å². The fourth-order valence-corrected chi connectivity index (χ4v) is 3.71. The first-order valence-electron chi connectivity index (χ1n) is 9.55. The van der Waals surface area contributed by atoms with Crippen molar-refractivity contribution in [1.29, 1.82) is 0 Å². The average Bonchev–Trinajstić information content (AvgIpc) is 3.20. The van der Waals surface area contributed by atoms with E-state index < -0.39 is 0 Å². The van der Waals surface area contributed by atoms with Crippen molar-refractivity contribution in [3.05, 3.63) is 60.3 Å². The first-order chi connectivity index (χ1) is 13.2. The Morgan fingerprint density at radius 3 is 2.67 bits per heavy atom. The first-order valence-corrected chi connectivity index (χ1v) is 9.55. The summed E-state index contributed by atoms with van der Waals surface area (Å²) in [7, 11) is 0. The SMILES string of the molecule is C[C@@H](CN1CCCC1)NC(=O)c1cc(-c2ccccn2)nc2ccccc12. The van der Waals surface area contributed by atoms with Gasteiger partial charge < -0.3 is 10.2 Å². The van der Waals surface area contributed by atoms with Crippen molar-refractivity contribution in [3.8, 4) is 11.4 Å². The molecule has 2 aromatic heterocycles. The summed E-state index contributed by atoms with van der Waals surface area (Å²) in [5.74, 6) is -0.0579. The van der Waals surface area contributed by atoms with E-state index in [1.807, 2.05) is 48.5 Å². The fraction of sp³-hybridized carbons (Fsp3) is 0.318. The molecule has 4 rings (SSSR count). The van der Waals surface area contributed by atoms with Gasteiger partial charge in [-0.3, -0.25) is 9.78 Å². The van der Waals surface area contributed by atoms with Crippen LogP contribution in [0.25, 0.3) is 22.3 Å². The van der Waals surface area contributed by atoms with Gasteiger partial charge in [-0.1, -0.05) is 24.3 Å². The molecule has 1 aromatic carbocycles. The van der Waals surface area contributed by atoms with Gasteiger partial charge in [0.1, 0.15) is 0 Å². The molecule has 1 N–H and O–H groups in total. The van der Waals surface area contributed by atoms with Crippen LogP contribution in [-0.4, -0.2) is 46.5 Å². The Kier molecular flexibility index (Phi) is 5.12. The van der Waals surface area contributed by atoms with E-state index in [-0.39, 0.29) is 11.9 Å². The van der Waals surface area contributed by atoms with Crippen molar-refractivity contribution in [2.24, 2.45) is 0 Å². The van der Waals surface area contributed by atoms with Crippen molar-refractivity contribution in [1.82, 2.24) is 20.2 Å². The number of nitrogens with zero attached hydrogens (tertiary/aromatic N) is 3. The highest BCUT2D eigenvalue weighted by atomic mass is 16.1. The summed E-state index contributed by atoms with van der Waals surface area (Å²) in [5.41, 5.74) is 2.93. The monoisotopic (exact) mass is 360 g/mol. The Hall–Kier alpha value is -2.79. The second kappa shape index (κ2) is 7.84. The third kappa shape index (κ3) is 3.98. The minimum absolute atomic E-state index is 0.0579. The number of aromatic nitrogens is 2. The molecule has 1 saturated heterocycles. The quantitative estimate of drug-likeness (QED) is 0.756. The number of fused-ring (bicyclic) bond motifs is 1. The van der Waals surface area contributed by atoms with E-state index >= 15 is 0 Å². The van der Waals surface area contributed by atoms with E-state index in [9.17, 15) is 4.79 Å². The number of likely N-dealkylation sites (tertiary alicyclic amines) is 1. The summed E-state index contributed by atoms with van der Waals surface area (Å²) in [6, 6.07) is 15.4. The van der Waals surface area contributed by atoms with Crippen LogP contribution < -0.4 is 5.32 Å². The zero-order chi connectivity index (χ0) is 18.6. The van der Waals surface area contributed by atoms with Crippen LogP contribution in [0.3, 0.4) is 0 Å². The highest BCUT2D eigenvalue weighted by Crippen LogP contribution is 2.23. The second-order valence-corrected chi connectivity index (χ2v) is 7.17. The van der Waals surface area contributed by atoms with Crippen LogP contribution in [0.1, 0.15) is 30.1 Å². The molecule has 5 nitrogen and oxygen atoms in total. The summed E-state index contributed by atoms with van der Waals surface area (Å²) in [6.45, 7) is 5.21. The Bertz CT molecular complexity index is 935. The van der Waals surface area contributed by atoms with Gasteiger partial charge in [0.2, 0.25) is 0 Å². The van der Waals surface area contributed by atoms with E-state index in [4.69, 9.17) is 4.98 Å². The number of rotatable bonds is 5. The van der Waals surface area contributed by atoms with Crippen molar-refractivity contribution >= 4 is 16.8 Å². The smallest absolute Gasteiger partial charge is 0.252 e. The molecule has 0 bridgehead atoms. The number of nitrogens with one attached hydrogen (secondary N) is 1.